The van der Waals surface area contributed by atoms with E-state index >= 15 is 0 Å². The summed E-state index contributed by atoms with van der Waals surface area (Å²) >= 11 is 0. The molecular formula is C16H18FN3O2. The van der Waals surface area contributed by atoms with Gasteiger partial charge < -0.3 is 9.32 Å². The van der Waals surface area contributed by atoms with Crippen LogP contribution in [-0.2, 0) is 4.79 Å². The number of amides is 1. The molecule has 2 aromatic rings. The number of likely N-dealkylation sites (tertiary alicyclic amines) is 1. The lowest BCUT2D eigenvalue weighted by atomic mass is 9.98. The first-order valence-electron chi connectivity index (χ1n) is 7.55. The third-order valence-electron chi connectivity index (χ3n) is 3.97. The molecule has 1 aliphatic heterocycles. The summed E-state index contributed by atoms with van der Waals surface area (Å²) in [5.41, 5.74) is 0.304. The first kappa shape index (κ1) is 14.7. The lowest BCUT2D eigenvalue weighted by Crippen LogP contribution is -2.38. The Kier molecular flexibility index (Phi) is 4.18. The molecule has 1 saturated heterocycles. The van der Waals surface area contributed by atoms with Crippen LogP contribution >= 0.6 is 0 Å². The Hall–Kier alpha value is -2.24. The second-order valence-corrected chi connectivity index (χ2v) is 5.46. The van der Waals surface area contributed by atoms with Gasteiger partial charge in [0.05, 0.1) is 11.5 Å². The van der Waals surface area contributed by atoms with Crippen molar-refractivity contribution in [2.45, 2.75) is 32.1 Å². The molecule has 1 fully saturated rings. The molecule has 1 amide bonds. The van der Waals surface area contributed by atoms with Gasteiger partial charge in [-0.3, -0.25) is 4.79 Å². The summed E-state index contributed by atoms with van der Waals surface area (Å²) in [6, 6.07) is 6.32. The normalized spacial score (nSPS) is 18.5. The van der Waals surface area contributed by atoms with E-state index in [2.05, 4.69) is 10.2 Å². The maximum Gasteiger partial charge on any atom is 0.250 e. The SMILES string of the molecule is CCC(=O)N1CCC[C@@H](c2nnc(-c3ccccc3F)o2)C1. The number of hydrogen-bond donors (Lipinski definition) is 0. The highest BCUT2D eigenvalue weighted by molar-refractivity contribution is 5.76. The van der Waals surface area contributed by atoms with Crippen LogP contribution in [0.25, 0.3) is 11.5 Å². The predicted molar refractivity (Wildman–Crippen MR) is 78.5 cm³/mol. The van der Waals surface area contributed by atoms with Crippen molar-refractivity contribution in [3.05, 3.63) is 36.0 Å². The van der Waals surface area contributed by atoms with Crippen molar-refractivity contribution in [2.75, 3.05) is 13.1 Å². The van der Waals surface area contributed by atoms with Gasteiger partial charge >= 0.3 is 0 Å². The van der Waals surface area contributed by atoms with Gasteiger partial charge in [-0.05, 0) is 25.0 Å². The number of hydrogen-bond acceptors (Lipinski definition) is 4. The number of carbonyl (C=O) groups is 1. The highest BCUT2D eigenvalue weighted by Gasteiger charge is 2.28. The molecule has 0 bridgehead atoms. The monoisotopic (exact) mass is 303 g/mol. The van der Waals surface area contributed by atoms with Gasteiger partial charge in [-0.15, -0.1) is 10.2 Å². The maximum atomic E-state index is 13.8. The zero-order chi connectivity index (χ0) is 15.5. The van der Waals surface area contributed by atoms with Crippen LogP contribution in [0.1, 0.15) is 38.0 Å². The summed E-state index contributed by atoms with van der Waals surface area (Å²) in [7, 11) is 0. The summed E-state index contributed by atoms with van der Waals surface area (Å²) in [4.78, 5) is 13.7. The average molecular weight is 303 g/mol. The molecule has 22 heavy (non-hydrogen) atoms. The van der Waals surface area contributed by atoms with Gasteiger partial charge in [-0.1, -0.05) is 19.1 Å². The van der Waals surface area contributed by atoms with Gasteiger partial charge in [-0.2, -0.15) is 0 Å². The number of nitrogens with zero attached hydrogens (tertiary/aromatic N) is 3. The third kappa shape index (κ3) is 2.86. The fraction of sp³-hybridized carbons (Fsp3) is 0.438. The van der Waals surface area contributed by atoms with Gasteiger partial charge in [-0.25, -0.2) is 4.39 Å². The molecule has 1 aromatic heterocycles. The minimum atomic E-state index is -0.385. The van der Waals surface area contributed by atoms with Gasteiger partial charge in [0, 0.05) is 19.5 Å². The summed E-state index contributed by atoms with van der Waals surface area (Å²) < 4.78 is 19.4. The van der Waals surface area contributed by atoms with Crippen molar-refractivity contribution in [1.82, 2.24) is 15.1 Å². The fourth-order valence-electron chi connectivity index (χ4n) is 2.77. The molecule has 0 radical (unpaired) electrons. The van der Waals surface area contributed by atoms with Crippen LogP contribution in [0.4, 0.5) is 4.39 Å². The molecule has 0 unspecified atom stereocenters. The van der Waals surface area contributed by atoms with Crippen molar-refractivity contribution in [1.29, 1.82) is 0 Å². The predicted octanol–water partition coefficient (Wildman–Crippen LogP) is 2.99. The van der Waals surface area contributed by atoms with Crippen LogP contribution in [0.5, 0.6) is 0 Å². The highest BCUT2D eigenvalue weighted by atomic mass is 19.1. The zero-order valence-electron chi connectivity index (χ0n) is 12.5. The number of piperidine rings is 1. The van der Waals surface area contributed by atoms with E-state index < -0.39 is 0 Å². The molecule has 1 aliphatic rings. The molecule has 116 valence electrons. The van der Waals surface area contributed by atoms with E-state index in [4.69, 9.17) is 4.42 Å². The number of benzene rings is 1. The van der Waals surface area contributed by atoms with Gasteiger partial charge in [0.25, 0.3) is 5.89 Å². The summed E-state index contributed by atoms with van der Waals surface area (Å²) in [5.74, 6) is 0.443. The Bertz CT molecular complexity index is 671. The molecule has 0 N–H and O–H groups in total. The highest BCUT2D eigenvalue weighted by Crippen LogP contribution is 2.29. The molecule has 0 aliphatic carbocycles. The molecular weight excluding hydrogens is 285 g/mol. The molecule has 1 atom stereocenters. The number of aromatic nitrogens is 2. The Morgan fingerprint density at radius 3 is 3.00 bits per heavy atom. The van der Waals surface area contributed by atoms with E-state index in [1.807, 2.05) is 11.8 Å². The Morgan fingerprint density at radius 1 is 1.41 bits per heavy atom. The first-order chi connectivity index (χ1) is 10.7. The topological polar surface area (TPSA) is 59.2 Å². The van der Waals surface area contributed by atoms with E-state index in [0.29, 0.717) is 24.4 Å². The molecule has 3 rings (SSSR count). The summed E-state index contributed by atoms with van der Waals surface area (Å²) in [5, 5.41) is 8.01. The average Bonchev–Trinajstić information content (AvgIpc) is 3.04. The quantitative estimate of drug-likeness (QED) is 0.874. The Labute approximate surface area is 128 Å². The molecule has 0 saturated carbocycles. The molecule has 2 heterocycles. The maximum absolute atomic E-state index is 13.8. The minimum Gasteiger partial charge on any atom is -0.420 e. The first-order valence-corrected chi connectivity index (χ1v) is 7.55. The van der Waals surface area contributed by atoms with E-state index in [1.165, 1.54) is 6.07 Å². The van der Waals surface area contributed by atoms with Crippen LogP contribution in [-0.4, -0.2) is 34.1 Å². The third-order valence-corrected chi connectivity index (χ3v) is 3.97. The van der Waals surface area contributed by atoms with Crippen molar-refractivity contribution in [3.63, 3.8) is 0 Å². The lowest BCUT2D eigenvalue weighted by Gasteiger charge is -2.30. The van der Waals surface area contributed by atoms with Gasteiger partial charge in [0.1, 0.15) is 5.82 Å². The largest absolute Gasteiger partial charge is 0.420 e. The summed E-state index contributed by atoms with van der Waals surface area (Å²) in [6.45, 7) is 3.22. The Morgan fingerprint density at radius 2 is 2.23 bits per heavy atom. The van der Waals surface area contributed by atoms with E-state index in [9.17, 15) is 9.18 Å². The lowest BCUT2D eigenvalue weighted by molar-refractivity contribution is -0.132. The van der Waals surface area contributed by atoms with Crippen LogP contribution in [0.3, 0.4) is 0 Å². The summed E-state index contributed by atoms with van der Waals surface area (Å²) in [6.07, 6.45) is 2.30. The van der Waals surface area contributed by atoms with Crippen LogP contribution in [0.2, 0.25) is 0 Å². The van der Waals surface area contributed by atoms with Crippen molar-refractivity contribution in [3.8, 4) is 11.5 Å². The molecule has 1 aromatic carbocycles. The number of halogens is 1. The number of rotatable bonds is 3. The smallest absolute Gasteiger partial charge is 0.250 e. The van der Waals surface area contributed by atoms with Crippen LogP contribution in [0.15, 0.2) is 28.7 Å². The minimum absolute atomic E-state index is 0.0253. The number of carbonyl (C=O) groups excluding carboxylic acids is 1. The second kappa shape index (κ2) is 6.25. The second-order valence-electron chi connectivity index (χ2n) is 5.46. The zero-order valence-corrected chi connectivity index (χ0v) is 12.5. The Balaban J connectivity index is 1.79. The van der Waals surface area contributed by atoms with Gasteiger partial charge in [0.2, 0.25) is 11.8 Å². The van der Waals surface area contributed by atoms with Crippen molar-refractivity contribution < 1.29 is 13.6 Å². The van der Waals surface area contributed by atoms with E-state index in [-0.39, 0.29) is 23.5 Å². The van der Waals surface area contributed by atoms with Crippen molar-refractivity contribution >= 4 is 5.91 Å². The van der Waals surface area contributed by atoms with Crippen LogP contribution < -0.4 is 0 Å². The van der Waals surface area contributed by atoms with E-state index in [0.717, 1.165) is 19.4 Å². The van der Waals surface area contributed by atoms with Crippen molar-refractivity contribution in [2.24, 2.45) is 0 Å². The van der Waals surface area contributed by atoms with Gasteiger partial charge in [0.15, 0.2) is 0 Å². The standard InChI is InChI=1S/C16H18FN3O2/c1-2-14(21)20-9-5-6-11(10-20)15-18-19-16(22-15)12-7-3-4-8-13(12)17/h3-4,7-8,11H,2,5-6,9-10H2,1H3/t11-/m1/s1. The fourth-order valence-corrected chi connectivity index (χ4v) is 2.77. The molecule has 5 nitrogen and oxygen atoms in total. The molecule has 0 spiro atoms. The van der Waals surface area contributed by atoms with E-state index in [1.54, 1.807) is 18.2 Å². The van der Waals surface area contributed by atoms with Crippen LogP contribution in [0, 0.1) is 5.82 Å². The molecule has 6 heteroatoms.